The number of rotatable bonds is 8. The van der Waals surface area contributed by atoms with Crippen LogP contribution in [0.1, 0.15) is 6.92 Å². The van der Waals surface area contributed by atoms with Crippen molar-refractivity contribution in [1.82, 2.24) is 5.32 Å². The maximum absolute atomic E-state index is 9.73. The highest BCUT2D eigenvalue weighted by atomic mass is 35.5. The second-order valence-electron chi connectivity index (χ2n) is 4.12. The molecule has 0 spiro atoms. The summed E-state index contributed by atoms with van der Waals surface area (Å²) in [5, 5.41) is 14.2. The van der Waals surface area contributed by atoms with Gasteiger partial charge in [-0.25, -0.2) is 0 Å². The van der Waals surface area contributed by atoms with E-state index in [1.165, 1.54) is 0 Å². The fraction of sp³-hybridized carbons (Fsp3) is 0.538. The number of aliphatic hydroxyl groups is 1. The van der Waals surface area contributed by atoms with Gasteiger partial charge in [0.2, 0.25) is 0 Å². The average molecular weight is 290 g/mol. The van der Waals surface area contributed by atoms with Gasteiger partial charge in [-0.15, -0.1) is 0 Å². The third-order valence-corrected chi connectivity index (χ3v) is 3.69. The number of aliphatic hydroxyl groups excluding tert-OH is 1. The molecule has 2 unspecified atom stereocenters. The van der Waals surface area contributed by atoms with Crippen LogP contribution in [0.2, 0.25) is 5.02 Å². The number of thioether (sulfide) groups is 1. The number of benzene rings is 1. The summed E-state index contributed by atoms with van der Waals surface area (Å²) in [5.74, 6) is 0.718. The first-order valence-electron chi connectivity index (χ1n) is 5.91. The molecule has 0 aliphatic rings. The van der Waals surface area contributed by atoms with Crippen molar-refractivity contribution in [3.63, 3.8) is 0 Å². The van der Waals surface area contributed by atoms with Crippen LogP contribution in [-0.4, -0.2) is 42.4 Å². The zero-order chi connectivity index (χ0) is 13.4. The molecule has 0 radical (unpaired) electrons. The molecule has 2 N–H and O–H groups in total. The van der Waals surface area contributed by atoms with Gasteiger partial charge in [-0.3, -0.25) is 0 Å². The maximum Gasteiger partial charge on any atom is 0.119 e. The maximum atomic E-state index is 9.73. The lowest BCUT2D eigenvalue weighted by atomic mass is 10.3. The van der Waals surface area contributed by atoms with E-state index < -0.39 is 6.10 Å². The summed E-state index contributed by atoms with van der Waals surface area (Å²) < 4.78 is 5.45. The minimum absolute atomic E-state index is 0.280. The van der Waals surface area contributed by atoms with Crippen LogP contribution in [0.4, 0.5) is 0 Å². The highest BCUT2D eigenvalue weighted by Crippen LogP contribution is 2.15. The summed E-state index contributed by atoms with van der Waals surface area (Å²) >= 11 is 7.57. The largest absolute Gasteiger partial charge is 0.491 e. The van der Waals surface area contributed by atoms with Gasteiger partial charge in [-0.05, 0) is 30.5 Å². The Labute approximate surface area is 118 Å². The molecular weight excluding hydrogens is 270 g/mol. The molecule has 2 atom stereocenters. The first kappa shape index (κ1) is 15.6. The van der Waals surface area contributed by atoms with E-state index in [0.29, 0.717) is 16.8 Å². The van der Waals surface area contributed by atoms with Gasteiger partial charge in [0.25, 0.3) is 0 Å². The lowest BCUT2D eigenvalue weighted by Gasteiger charge is -2.15. The van der Waals surface area contributed by atoms with Crippen molar-refractivity contribution in [1.29, 1.82) is 0 Å². The summed E-state index contributed by atoms with van der Waals surface area (Å²) in [7, 11) is 0. The Hall–Kier alpha value is -0.420. The molecule has 0 amide bonds. The molecule has 1 rings (SSSR count). The summed E-state index contributed by atoms with van der Waals surface area (Å²) in [6.07, 6.45) is 1.57. The van der Waals surface area contributed by atoms with Crippen molar-refractivity contribution in [2.24, 2.45) is 0 Å². The zero-order valence-electron chi connectivity index (χ0n) is 10.7. The molecule has 0 aliphatic heterocycles. The molecule has 18 heavy (non-hydrogen) atoms. The summed E-state index contributed by atoms with van der Waals surface area (Å²) in [5.41, 5.74) is 0. The van der Waals surface area contributed by atoms with Crippen LogP contribution in [0.15, 0.2) is 24.3 Å². The van der Waals surface area contributed by atoms with Gasteiger partial charge in [0.05, 0.1) is 0 Å². The molecular formula is C13H20ClNO2S. The van der Waals surface area contributed by atoms with Crippen LogP contribution in [0.5, 0.6) is 5.75 Å². The molecule has 1 aromatic carbocycles. The Bertz CT molecular complexity index is 334. The van der Waals surface area contributed by atoms with E-state index in [2.05, 4.69) is 18.5 Å². The number of halogens is 1. The van der Waals surface area contributed by atoms with E-state index >= 15 is 0 Å². The van der Waals surface area contributed by atoms with Gasteiger partial charge in [0.1, 0.15) is 18.5 Å². The van der Waals surface area contributed by atoms with Gasteiger partial charge >= 0.3 is 0 Å². The molecule has 0 bridgehead atoms. The predicted octanol–water partition coefficient (Wildman–Crippen LogP) is 2.42. The molecule has 0 aromatic heterocycles. The van der Waals surface area contributed by atoms with Crippen molar-refractivity contribution in [2.45, 2.75) is 18.3 Å². The van der Waals surface area contributed by atoms with Crippen molar-refractivity contribution >= 4 is 23.4 Å². The number of hydrogen-bond donors (Lipinski definition) is 2. The van der Waals surface area contributed by atoms with Crippen molar-refractivity contribution in [3.8, 4) is 5.75 Å². The van der Waals surface area contributed by atoms with Gasteiger partial charge in [-0.1, -0.05) is 18.5 Å². The monoisotopic (exact) mass is 289 g/mol. The number of nitrogens with one attached hydrogen (secondary N) is 1. The average Bonchev–Trinajstić information content (AvgIpc) is 2.38. The first-order valence-corrected chi connectivity index (χ1v) is 7.58. The fourth-order valence-corrected chi connectivity index (χ4v) is 1.73. The molecule has 0 fully saturated rings. The van der Waals surface area contributed by atoms with E-state index in [4.69, 9.17) is 16.3 Å². The highest BCUT2D eigenvalue weighted by molar-refractivity contribution is 7.99. The summed E-state index contributed by atoms with van der Waals surface area (Å²) in [4.78, 5) is 0. The third kappa shape index (κ3) is 6.50. The molecule has 1 aromatic rings. The minimum Gasteiger partial charge on any atom is -0.491 e. The van der Waals surface area contributed by atoms with Crippen molar-refractivity contribution < 1.29 is 9.84 Å². The van der Waals surface area contributed by atoms with Crippen molar-refractivity contribution in [2.75, 3.05) is 26.0 Å². The predicted molar refractivity (Wildman–Crippen MR) is 78.8 cm³/mol. The van der Waals surface area contributed by atoms with Crippen LogP contribution in [-0.2, 0) is 0 Å². The van der Waals surface area contributed by atoms with E-state index in [0.717, 1.165) is 12.3 Å². The van der Waals surface area contributed by atoms with Gasteiger partial charge < -0.3 is 15.2 Å². The quantitative estimate of drug-likeness (QED) is 0.771. The van der Waals surface area contributed by atoms with Gasteiger partial charge in [0.15, 0.2) is 0 Å². The van der Waals surface area contributed by atoms with E-state index in [1.54, 1.807) is 36.0 Å². The molecule has 0 aliphatic carbocycles. The van der Waals surface area contributed by atoms with Gasteiger partial charge in [-0.2, -0.15) is 11.8 Å². The zero-order valence-corrected chi connectivity index (χ0v) is 12.3. The summed E-state index contributed by atoms with van der Waals surface area (Å²) in [6, 6.07) is 7.11. The molecule has 0 saturated heterocycles. The number of ether oxygens (including phenoxy) is 1. The van der Waals surface area contributed by atoms with Crippen LogP contribution in [0.25, 0.3) is 0 Å². The fourth-order valence-electron chi connectivity index (χ4n) is 1.32. The second kappa shape index (κ2) is 8.64. The Morgan fingerprint density at radius 3 is 2.61 bits per heavy atom. The Kier molecular flexibility index (Phi) is 7.51. The third-order valence-electron chi connectivity index (χ3n) is 2.47. The Morgan fingerprint density at radius 2 is 2.00 bits per heavy atom. The van der Waals surface area contributed by atoms with Crippen LogP contribution >= 0.6 is 23.4 Å². The van der Waals surface area contributed by atoms with Crippen LogP contribution < -0.4 is 10.1 Å². The molecule has 5 heteroatoms. The SMILES string of the molecule is CSC(C)CNCC(O)COc1ccc(Cl)cc1. The van der Waals surface area contributed by atoms with E-state index in [9.17, 15) is 5.11 Å². The molecule has 102 valence electrons. The minimum atomic E-state index is -0.505. The second-order valence-corrected chi connectivity index (χ2v) is 5.84. The van der Waals surface area contributed by atoms with Crippen LogP contribution in [0, 0.1) is 0 Å². The number of hydrogen-bond acceptors (Lipinski definition) is 4. The highest BCUT2D eigenvalue weighted by Gasteiger charge is 2.06. The smallest absolute Gasteiger partial charge is 0.119 e. The first-order chi connectivity index (χ1) is 8.61. The Balaban J connectivity index is 2.16. The lowest BCUT2D eigenvalue weighted by molar-refractivity contribution is 0.106. The molecule has 0 heterocycles. The van der Waals surface area contributed by atoms with Crippen molar-refractivity contribution in [3.05, 3.63) is 29.3 Å². The molecule has 3 nitrogen and oxygen atoms in total. The molecule has 0 saturated carbocycles. The summed E-state index contributed by atoms with van der Waals surface area (Å²) in [6.45, 7) is 3.86. The standard InChI is InChI=1S/C13H20ClNO2S/c1-10(18-2)7-15-8-12(16)9-17-13-5-3-11(14)4-6-13/h3-6,10,12,15-16H,7-9H2,1-2H3. The Morgan fingerprint density at radius 1 is 1.33 bits per heavy atom. The van der Waals surface area contributed by atoms with E-state index in [-0.39, 0.29) is 6.61 Å². The van der Waals surface area contributed by atoms with E-state index in [1.807, 2.05) is 0 Å². The normalized spacial score (nSPS) is 14.2. The van der Waals surface area contributed by atoms with Gasteiger partial charge in [0, 0.05) is 23.4 Å². The van der Waals surface area contributed by atoms with Crippen LogP contribution in [0.3, 0.4) is 0 Å². The topological polar surface area (TPSA) is 41.5 Å². The lowest BCUT2D eigenvalue weighted by Crippen LogP contribution is -2.34.